The molecule has 1 heterocycles. The van der Waals surface area contributed by atoms with Crippen LogP contribution in [0.15, 0.2) is 12.3 Å². The second-order valence-corrected chi connectivity index (χ2v) is 4.50. The third kappa shape index (κ3) is 2.22. The van der Waals surface area contributed by atoms with Crippen LogP contribution in [0.2, 0.25) is 0 Å². The first-order chi connectivity index (χ1) is 7.16. The summed E-state index contributed by atoms with van der Waals surface area (Å²) in [7, 11) is 1.79. The first kappa shape index (κ1) is 10.3. The molecule has 0 aromatic carbocycles. The first-order valence-corrected chi connectivity index (χ1v) is 5.55. The van der Waals surface area contributed by atoms with Crippen molar-refractivity contribution >= 4 is 5.97 Å². The fourth-order valence-electron chi connectivity index (χ4n) is 2.51. The Balaban J connectivity index is 2.08. The molecule has 0 amide bonds. The fraction of sp³-hybridized carbons (Fsp3) is 0.583. The van der Waals surface area contributed by atoms with Crippen LogP contribution >= 0.6 is 0 Å². The molecular formula is C12H17NO2. The number of carboxylic acids is 1. The zero-order valence-electron chi connectivity index (χ0n) is 9.07. The van der Waals surface area contributed by atoms with Crippen molar-refractivity contribution in [1.29, 1.82) is 0 Å². The lowest BCUT2D eigenvalue weighted by molar-refractivity contribution is 0.0686. The molecule has 1 saturated carbocycles. The minimum Gasteiger partial charge on any atom is -0.477 e. The van der Waals surface area contributed by atoms with Crippen molar-refractivity contribution in [2.75, 3.05) is 0 Å². The van der Waals surface area contributed by atoms with Crippen LogP contribution < -0.4 is 0 Å². The van der Waals surface area contributed by atoms with Gasteiger partial charge in [-0.05, 0) is 24.0 Å². The van der Waals surface area contributed by atoms with Gasteiger partial charge in [-0.1, -0.05) is 25.7 Å². The van der Waals surface area contributed by atoms with E-state index in [9.17, 15) is 4.79 Å². The molecule has 82 valence electrons. The molecule has 15 heavy (non-hydrogen) atoms. The minimum atomic E-state index is -0.838. The number of hydrogen-bond acceptors (Lipinski definition) is 1. The number of aromatic nitrogens is 1. The number of nitrogens with zero attached hydrogens (tertiary/aromatic N) is 1. The molecule has 1 aromatic rings. The molecule has 1 aromatic heterocycles. The van der Waals surface area contributed by atoms with Gasteiger partial charge in [0.25, 0.3) is 0 Å². The summed E-state index contributed by atoms with van der Waals surface area (Å²) in [5.74, 6) is -0.0655. The van der Waals surface area contributed by atoms with Gasteiger partial charge in [0, 0.05) is 13.2 Å². The molecule has 0 atom stereocenters. The summed E-state index contributed by atoms with van der Waals surface area (Å²) >= 11 is 0. The van der Waals surface area contributed by atoms with Gasteiger partial charge < -0.3 is 9.67 Å². The SMILES string of the molecule is Cn1cc(CC2CCCC2)cc1C(=O)O. The highest BCUT2D eigenvalue weighted by molar-refractivity contribution is 5.86. The predicted octanol–water partition coefficient (Wildman–Crippen LogP) is 2.46. The Morgan fingerprint density at radius 1 is 1.53 bits per heavy atom. The Bertz CT molecular complexity index is 362. The first-order valence-electron chi connectivity index (χ1n) is 5.55. The monoisotopic (exact) mass is 207 g/mol. The van der Waals surface area contributed by atoms with Crippen molar-refractivity contribution in [3.05, 3.63) is 23.5 Å². The van der Waals surface area contributed by atoms with Gasteiger partial charge >= 0.3 is 5.97 Å². The zero-order chi connectivity index (χ0) is 10.8. The number of carbonyl (C=O) groups is 1. The quantitative estimate of drug-likeness (QED) is 0.827. The number of hydrogen-bond donors (Lipinski definition) is 1. The molecule has 3 nitrogen and oxygen atoms in total. The van der Waals surface area contributed by atoms with Crippen molar-refractivity contribution < 1.29 is 9.90 Å². The van der Waals surface area contributed by atoms with Gasteiger partial charge in [0.15, 0.2) is 0 Å². The average Bonchev–Trinajstić information content (AvgIpc) is 2.75. The Morgan fingerprint density at radius 3 is 2.73 bits per heavy atom. The second-order valence-electron chi connectivity index (χ2n) is 4.50. The maximum atomic E-state index is 10.9. The van der Waals surface area contributed by atoms with E-state index in [0.717, 1.165) is 12.3 Å². The van der Waals surface area contributed by atoms with Gasteiger partial charge in [-0.3, -0.25) is 0 Å². The molecule has 1 fully saturated rings. The summed E-state index contributed by atoms with van der Waals surface area (Å²) in [6.07, 6.45) is 8.27. The summed E-state index contributed by atoms with van der Waals surface area (Å²) < 4.78 is 1.70. The summed E-state index contributed by atoms with van der Waals surface area (Å²) in [4.78, 5) is 10.9. The predicted molar refractivity (Wildman–Crippen MR) is 58.0 cm³/mol. The van der Waals surface area contributed by atoms with Crippen molar-refractivity contribution in [2.45, 2.75) is 32.1 Å². The number of carboxylic acid groups (broad SMARTS) is 1. The lowest BCUT2D eigenvalue weighted by Crippen LogP contribution is -2.02. The third-order valence-corrected chi connectivity index (χ3v) is 3.28. The van der Waals surface area contributed by atoms with E-state index in [2.05, 4.69) is 0 Å². The smallest absolute Gasteiger partial charge is 0.352 e. The molecule has 3 heteroatoms. The van der Waals surface area contributed by atoms with E-state index >= 15 is 0 Å². The van der Waals surface area contributed by atoms with Gasteiger partial charge in [-0.2, -0.15) is 0 Å². The van der Waals surface area contributed by atoms with Crippen LogP contribution in [-0.4, -0.2) is 15.6 Å². The average molecular weight is 207 g/mol. The molecule has 1 N–H and O–H groups in total. The van der Waals surface area contributed by atoms with Crippen LogP contribution in [-0.2, 0) is 13.5 Å². The van der Waals surface area contributed by atoms with Crippen LogP contribution in [0.1, 0.15) is 41.7 Å². The van der Waals surface area contributed by atoms with Crippen LogP contribution in [0.25, 0.3) is 0 Å². The molecule has 2 rings (SSSR count). The Hall–Kier alpha value is -1.25. The van der Waals surface area contributed by atoms with Gasteiger partial charge in [0.2, 0.25) is 0 Å². The maximum absolute atomic E-state index is 10.9. The normalized spacial score (nSPS) is 17.1. The minimum absolute atomic E-state index is 0.392. The van der Waals surface area contributed by atoms with Crippen LogP contribution in [0.3, 0.4) is 0 Å². The largest absolute Gasteiger partial charge is 0.477 e. The van der Waals surface area contributed by atoms with Gasteiger partial charge in [-0.25, -0.2) is 4.79 Å². The van der Waals surface area contributed by atoms with Crippen molar-refractivity contribution in [3.63, 3.8) is 0 Å². The molecule has 0 aliphatic heterocycles. The third-order valence-electron chi connectivity index (χ3n) is 3.28. The van der Waals surface area contributed by atoms with E-state index in [1.165, 1.54) is 31.2 Å². The second kappa shape index (κ2) is 4.09. The van der Waals surface area contributed by atoms with E-state index in [1.54, 1.807) is 17.7 Å². The Kier molecular flexibility index (Phi) is 2.80. The van der Waals surface area contributed by atoms with Gasteiger partial charge in [0.1, 0.15) is 5.69 Å². The van der Waals surface area contributed by atoms with Gasteiger partial charge in [0.05, 0.1) is 0 Å². The number of rotatable bonds is 3. The Labute approximate surface area is 89.7 Å². The molecule has 0 saturated heterocycles. The van der Waals surface area contributed by atoms with Crippen LogP contribution in [0, 0.1) is 5.92 Å². The molecule has 0 unspecified atom stereocenters. The molecule has 0 bridgehead atoms. The van der Waals surface area contributed by atoms with Gasteiger partial charge in [-0.15, -0.1) is 0 Å². The van der Waals surface area contributed by atoms with E-state index in [0.29, 0.717) is 5.69 Å². The van der Waals surface area contributed by atoms with E-state index in [-0.39, 0.29) is 0 Å². The summed E-state index contributed by atoms with van der Waals surface area (Å²) in [6, 6.07) is 1.81. The molecular weight excluding hydrogens is 190 g/mol. The molecule has 1 aliphatic rings. The van der Waals surface area contributed by atoms with E-state index < -0.39 is 5.97 Å². The number of aromatic carboxylic acids is 1. The fourth-order valence-corrected chi connectivity index (χ4v) is 2.51. The molecule has 0 radical (unpaired) electrons. The van der Waals surface area contributed by atoms with Crippen LogP contribution in [0.4, 0.5) is 0 Å². The summed E-state index contributed by atoms with van der Waals surface area (Å²) in [5.41, 5.74) is 1.56. The van der Waals surface area contributed by atoms with E-state index in [4.69, 9.17) is 5.11 Å². The van der Waals surface area contributed by atoms with Crippen molar-refractivity contribution in [1.82, 2.24) is 4.57 Å². The Morgan fingerprint density at radius 2 is 2.20 bits per heavy atom. The summed E-state index contributed by atoms with van der Waals surface area (Å²) in [5, 5.41) is 8.92. The molecule has 1 aliphatic carbocycles. The zero-order valence-corrected chi connectivity index (χ0v) is 9.07. The lowest BCUT2D eigenvalue weighted by atomic mass is 10.00. The highest BCUT2D eigenvalue weighted by Gasteiger charge is 2.17. The van der Waals surface area contributed by atoms with Crippen LogP contribution in [0.5, 0.6) is 0 Å². The highest BCUT2D eigenvalue weighted by Crippen LogP contribution is 2.28. The lowest BCUT2D eigenvalue weighted by Gasteiger charge is -2.05. The maximum Gasteiger partial charge on any atom is 0.352 e. The number of aryl methyl sites for hydroxylation is 1. The van der Waals surface area contributed by atoms with Crippen molar-refractivity contribution in [2.24, 2.45) is 13.0 Å². The molecule has 0 spiro atoms. The summed E-state index contributed by atoms with van der Waals surface area (Å²) in [6.45, 7) is 0. The topological polar surface area (TPSA) is 42.2 Å². The van der Waals surface area contributed by atoms with Crippen molar-refractivity contribution in [3.8, 4) is 0 Å². The van der Waals surface area contributed by atoms with E-state index in [1.807, 2.05) is 6.20 Å². The highest BCUT2D eigenvalue weighted by atomic mass is 16.4. The standard InChI is InChI=1S/C12H17NO2/c1-13-8-10(7-11(13)12(14)15)6-9-4-2-3-5-9/h7-9H,2-6H2,1H3,(H,14,15).